The van der Waals surface area contributed by atoms with Crippen LogP contribution in [-0.4, -0.2) is 80.8 Å². The smallest absolute Gasteiger partial charge is 0.252 e. The number of rotatable bonds is 8. The van der Waals surface area contributed by atoms with Crippen molar-refractivity contribution in [2.45, 2.75) is 31.2 Å². The standard InChI is InChI=1S/C25H30N4O6S/c1-18-3-7-21(8-4-18)29-24(31)17-23(25(29)32)28(12-11-27-13-15-35-16-14-27)36(33,34)22-9-5-20(6-10-22)26-19(2)30/h3-10,23H,11-17H2,1-2H3,(H,26,30). The number of carbonyl (C=O) groups excluding carboxylic acids is 3. The van der Waals surface area contributed by atoms with Crippen molar-refractivity contribution in [2.24, 2.45) is 0 Å². The van der Waals surface area contributed by atoms with Gasteiger partial charge in [0, 0.05) is 38.8 Å². The van der Waals surface area contributed by atoms with Crippen molar-refractivity contribution in [1.29, 1.82) is 0 Å². The normalized spacial score (nSPS) is 19.2. The van der Waals surface area contributed by atoms with Crippen LogP contribution >= 0.6 is 0 Å². The first-order chi connectivity index (χ1) is 17.2. The zero-order chi connectivity index (χ0) is 25.9. The summed E-state index contributed by atoms with van der Waals surface area (Å²) < 4.78 is 34.1. The Bertz CT molecular complexity index is 1220. The topological polar surface area (TPSA) is 116 Å². The van der Waals surface area contributed by atoms with Crippen LogP contribution in [0.2, 0.25) is 0 Å². The summed E-state index contributed by atoms with van der Waals surface area (Å²) in [5, 5.41) is 2.61. The Labute approximate surface area is 210 Å². The van der Waals surface area contributed by atoms with E-state index in [2.05, 4.69) is 10.2 Å². The van der Waals surface area contributed by atoms with Crippen molar-refractivity contribution in [3.8, 4) is 0 Å². The van der Waals surface area contributed by atoms with Crippen molar-refractivity contribution in [3.05, 3.63) is 54.1 Å². The molecule has 1 atom stereocenters. The Morgan fingerprint density at radius 3 is 2.31 bits per heavy atom. The Morgan fingerprint density at radius 2 is 1.69 bits per heavy atom. The molecule has 2 aliphatic rings. The molecule has 1 unspecified atom stereocenters. The summed E-state index contributed by atoms with van der Waals surface area (Å²) in [4.78, 5) is 40.8. The van der Waals surface area contributed by atoms with Gasteiger partial charge in [-0.2, -0.15) is 4.31 Å². The fourth-order valence-electron chi connectivity index (χ4n) is 4.36. The van der Waals surface area contributed by atoms with Gasteiger partial charge in [0.25, 0.3) is 5.91 Å². The molecular weight excluding hydrogens is 484 g/mol. The first kappa shape index (κ1) is 26.0. The highest BCUT2D eigenvalue weighted by Gasteiger charge is 2.47. The van der Waals surface area contributed by atoms with E-state index in [9.17, 15) is 22.8 Å². The van der Waals surface area contributed by atoms with Gasteiger partial charge >= 0.3 is 0 Å². The van der Waals surface area contributed by atoms with Crippen LogP contribution in [0.15, 0.2) is 53.4 Å². The fraction of sp³-hybridized carbons (Fsp3) is 0.400. The highest BCUT2D eigenvalue weighted by molar-refractivity contribution is 7.89. The van der Waals surface area contributed by atoms with Gasteiger partial charge in [0.05, 0.1) is 30.2 Å². The van der Waals surface area contributed by atoms with Crippen LogP contribution in [0.25, 0.3) is 0 Å². The molecule has 2 heterocycles. The van der Waals surface area contributed by atoms with E-state index in [4.69, 9.17) is 4.74 Å². The minimum atomic E-state index is -4.14. The molecule has 2 aliphatic heterocycles. The summed E-state index contributed by atoms with van der Waals surface area (Å²) >= 11 is 0. The molecule has 0 aliphatic carbocycles. The maximum atomic E-state index is 13.8. The molecule has 36 heavy (non-hydrogen) atoms. The molecule has 0 spiro atoms. The van der Waals surface area contributed by atoms with E-state index in [-0.39, 0.29) is 23.8 Å². The predicted octanol–water partition coefficient (Wildman–Crippen LogP) is 1.61. The summed E-state index contributed by atoms with van der Waals surface area (Å²) in [5.74, 6) is -1.28. The van der Waals surface area contributed by atoms with E-state index in [1.807, 2.05) is 6.92 Å². The Morgan fingerprint density at radius 1 is 1.06 bits per heavy atom. The van der Waals surface area contributed by atoms with Gasteiger partial charge in [0.1, 0.15) is 6.04 Å². The lowest BCUT2D eigenvalue weighted by Crippen LogP contribution is -2.49. The van der Waals surface area contributed by atoms with Gasteiger partial charge in [0.15, 0.2) is 0 Å². The van der Waals surface area contributed by atoms with Crippen molar-refractivity contribution in [2.75, 3.05) is 49.6 Å². The summed E-state index contributed by atoms with van der Waals surface area (Å²) in [6, 6.07) is 11.6. The van der Waals surface area contributed by atoms with Gasteiger partial charge in [-0.3, -0.25) is 19.3 Å². The molecule has 11 heteroatoms. The third kappa shape index (κ3) is 5.65. The van der Waals surface area contributed by atoms with E-state index in [1.54, 1.807) is 24.3 Å². The number of anilines is 2. The Hall–Kier alpha value is -3.12. The summed E-state index contributed by atoms with van der Waals surface area (Å²) in [5.41, 5.74) is 1.86. The molecule has 0 aromatic heterocycles. The summed E-state index contributed by atoms with van der Waals surface area (Å²) in [6.45, 7) is 6.13. The van der Waals surface area contributed by atoms with E-state index < -0.39 is 27.9 Å². The van der Waals surface area contributed by atoms with Gasteiger partial charge in [-0.25, -0.2) is 13.3 Å². The minimum Gasteiger partial charge on any atom is -0.379 e. The number of nitrogens with one attached hydrogen (secondary N) is 1. The van der Waals surface area contributed by atoms with Gasteiger partial charge in [-0.15, -0.1) is 0 Å². The number of imide groups is 1. The molecule has 0 radical (unpaired) electrons. The summed E-state index contributed by atoms with van der Waals surface area (Å²) in [7, 11) is -4.14. The number of nitrogens with zero attached hydrogens (tertiary/aromatic N) is 3. The maximum absolute atomic E-state index is 13.8. The molecular formula is C25H30N4O6S. The lowest BCUT2D eigenvalue weighted by molar-refractivity contribution is -0.122. The molecule has 0 saturated carbocycles. The highest BCUT2D eigenvalue weighted by atomic mass is 32.2. The van der Waals surface area contributed by atoms with Crippen molar-refractivity contribution in [3.63, 3.8) is 0 Å². The number of hydrogen-bond donors (Lipinski definition) is 1. The van der Waals surface area contributed by atoms with Crippen LogP contribution in [0.1, 0.15) is 18.9 Å². The van der Waals surface area contributed by atoms with Crippen LogP contribution in [-0.2, 0) is 29.1 Å². The third-order valence-corrected chi connectivity index (χ3v) is 8.21. The molecule has 1 N–H and O–H groups in total. The van der Waals surface area contributed by atoms with E-state index in [0.717, 1.165) is 14.8 Å². The first-order valence-electron chi connectivity index (χ1n) is 11.8. The highest BCUT2D eigenvalue weighted by Crippen LogP contribution is 2.30. The average molecular weight is 515 g/mol. The molecule has 3 amide bonds. The second-order valence-electron chi connectivity index (χ2n) is 8.90. The third-order valence-electron chi connectivity index (χ3n) is 6.28. The zero-order valence-corrected chi connectivity index (χ0v) is 21.2. The minimum absolute atomic E-state index is 0.0207. The van der Waals surface area contributed by atoms with Crippen LogP contribution in [0, 0.1) is 6.92 Å². The summed E-state index contributed by atoms with van der Waals surface area (Å²) in [6.07, 6.45) is -0.237. The van der Waals surface area contributed by atoms with Gasteiger partial charge in [0.2, 0.25) is 21.8 Å². The first-order valence-corrected chi connectivity index (χ1v) is 13.2. The lowest BCUT2D eigenvalue weighted by Gasteiger charge is -2.31. The van der Waals surface area contributed by atoms with Gasteiger partial charge in [-0.1, -0.05) is 17.7 Å². The van der Waals surface area contributed by atoms with Crippen molar-refractivity contribution >= 4 is 39.1 Å². The van der Waals surface area contributed by atoms with Crippen LogP contribution in [0.5, 0.6) is 0 Å². The number of aryl methyl sites for hydroxylation is 1. The Balaban J connectivity index is 1.63. The van der Waals surface area contributed by atoms with Crippen LogP contribution in [0.3, 0.4) is 0 Å². The van der Waals surface area contributed by atoms with Crippen molar-refractivity contribution < 1.29 is 27.5 Å². The number of morpholine rings is 1. The number of sulfonamides is 1. The number of hydrogen-bond acceptors (Lipinski definition) is 7. The molecule has 10 nitrogen and oxygen atoms in total. The second-order valence-corrected chi connectivity index (χ2v) is 10.8. The Kier molecular flexibility index (Phi) is 7.84. The monoisotopic (exact) mass is 514 g/mol. The molecule has 4 rings (SSSR count). The van der Waals surface area contributed by atoms with Crippen LogP contribution < -0.4 is 10.2 Å². The second kappa shape index (κ2) is 10.9. The van der Waals surface area contributed by atoms with Gasteiger partial charge in [-0.05, 0) is 43.3 Å². The molecule has 2 aromatic carbocycles. The molecule has 2 saturated heterocycles. The molecule has 2 fully saturated rings. The largest absolute Gasteiger partial charge is 0.379 e. The van der Waals surface area contributed by atoms with E-state index in [0.29, 0.717) is 44.2 Å². The van der Waals surface area contributed by atoms with E-state index >= 15 is 0 Å². The number of benzene rings is 2. The van der Waals surface area contributed by atoms with Gasteiger partial charge < -0.3 is 10.1 Å². The fourth-order valence-corrected chi connectivity index (χ4v) is 5.94. The number of ether oxygens (including phenoxy) is 1. The van der Waals surface area contributed by atoms with Crippen LogP contribution in [0.4, 0.5) is 11.4 Å². The number of amides is 3. The van der Waals surface area contributed by atoms with Crippen molar-refractivity contribution in [1.82, 2.24) is 9.21 Å². The maximum Gasteiger partial charge on any atom is 0.252 e. The predicted molar refractivity (Wildman–Crippen MR) is 134 cm³/mol. The SMILES string of the molecule is CC(=O)Nc1ccc(S(=O)(=O)N(CCN2CCOCC2)C2CC(=O)N(c3ccc(C)cc3)C2=O)cc1. The zero-order valence-electron chi connectivity index (χ0n) is 20.3. The molecule has 2 aromatic rings. The molecule has 0 bridgehead atoms. The lowest BCUT2D eigenvalue weighted by atomic mass is 10.2. The average Bonchev–Trinajstić information content (AvgIpc) is 3.14. The number of carbonyl (C=O) groups is 3. The van der Waals surface area contributed by atoms with E-state index in [1.165, 1.54) is 31.2 Å². The quantitative estimate of drug-likeness (QED) is 0.532. The molecule has 192 valence electrons.